The lowest BCUT2D eigenvalue weighted by Crippen LogP contribution is -2.46. The van der Waals surface area contributed by atoms with E-state index in [9.17, 15) is 4.79 Å². The van der Waals surface area contributed by atoms with Gasteiger partial charge in [-0.2, -0.15) is 0 Å². The number of rotatable bonds is 2. The van der Waals surface area contributed by atoms with Gasteiger partial charge in [0.25, 0.3) is 0 Å². The van der Waals surface area contributed by atoms with Gasteiger partial charge in [-0.15, -0.1) is 0 Å². The van der Waals surface area contributed by atoms with E-state index < -0.39 is 0 Å². The second kappa shape index (κ2) is 4.73. The maximum absolute atomic E-state index is 10.7. The van der Waals surface area contributed by atoms with E-state index in [0.717, 1.165) is 44.1 Å². The van der Waals surface area contributed by atoms with Crippen molar-refractivity contribution in [2.24, 2.45) is 0 Å². The van der Waals surface area contributed by atoms with Crippen LogP contribution in [0.2, 0.25) is 0 Å². The Labute approximate surface area is 102 Å². The van der Waals surface area contributed by atoms with E-state index in [0.29, 0.717) is 0 Å². The van der Waals surface area contributed by atoms with E-state index in [1.807, 2.05) is 11.8 Å². The lowest BCUT2D eigenvalue weighted by atomic mass is 10.1. The summed E-state index contributed by atoms with van der Waals surface area (Å²) in [4.78, 5) is 19.4. The number of piperazine rings is 1. The third-order valence-electron chi connectivity index (χ3n) is 3.39. The Kier molecular flexibility index (Phi) is 3.31. The normalized spacial score (nSPS) is 16.2. The summed E-state index contributed by atoms with van der Waals surface area (Å²) in [7, 11) is 0. The number of amides is 1. The highest BCUT2D eigenvalue weighted by Crippen LogP contribution is 2.21. The highest BCUT2D eigenvalue weighted by atomic mass is 16.1. The molecule has 1 saturated heterocycles. The average Bonchev–Trinajstić information content (AvgIpc) is 2.34. The monoisotopic (exact) mass is 233 g/mol. The molecule has 4 heteroatoms. The fourth-order valence-corrected chi connectivity index (χ4v) is 2.19. The second-order valence-corrected chi connectivity index (χ2v) is 4.66. The molecule has 1 fully saturated rings. The standard InChI is InChI=1S/C13H19N3O/c1-10-8-11(2)13(14-12(10)3)16-6-4-15(9-17)5-7-16/h8-9H,4-7H2,1-3H3. The minimum absolute atomic E-state index is 0.789. The number of carbonyl (C=O) groups is 1. The molecule has 1 aromatic rings. The van der Waals surface area contributed by atoms with E-state index >= 15 is 0 Å². The van der Waals surface area contributed by atoms with Crippen molar-refractivity contribution in [3.05, 3.63) is 22.9 Å². The van der Waals surface area contributed by atoms with Crippen molar-refractivity contribution >= 4 is 12.2 Å². The van der Waals surface area contributed by atoms with Gasteiger partial charge in [0, 0.05) is 31.9 Å². The Bertz CT molecular complexity index is 423. The number of aryl methyl sites for hydroxylation is 3. The fraction of sp³-hybridized carbons (Fsp3) is 0.538. The molecule has 1 aromatic heterocycles. The lowest BCUT2D eigenvalue weighted by Gasteiger charge is -2.34. The average molecular weight is 233 g/mol. The number of pyridine rings is 1. The van der Waals surface area contributed by atoms with Crippen molar-refractivity contribution in [3.8, 4) is 0 Å². The van der Waals surface area contributed by atoms with Crippen LogP contribution >= 0.6 is 0 Å². The molecule has 1 amide bonds. The van der Waals surface area contributed by atoms with Gasteiger partial charge >= 0.3 is 0 Å². The van der Waals surface area contributed by atoms with Crippen molar-refractivity contribution in [2.75, 3.05) is 31.1 Å². The van der Waals surface area contributed by atoms with Gasteiger partial charge in [-0.1, -0.05) is 6.07 Å². The number of nitrogens with zero attached hydrogens (tertiary/aromatic N) is 3. The molecule has 1 aliphatic rings. The number of aromatic nitrogens is 1. The Balaban J connectivity index is 2.18. The third kappa shape index (κ3) is 2.40. The van der Waals surface area contributed by atoms with Crippen LogP contribution in [0.1, 0.15) is 16.8 Å². The van der Waals surface area contributed by atoms with Crippen LogP contribution in [0.4, 0.5) is 5.82 Å². The van der Waals surface area contributed by atoms with Crippen LogP contribution in [0.15, 0.2) is 6.07 Å². The zero-order chi connectivity index (χ0) is 12.4. The summed E-state index contributed by atoms with van der Waals surface area (Å²) in [6, 6.07) is 2.18. The predicted octanol–water partition coefficient (Wildman–Crippen LogP) is 1.29. The van der Waals surface area contributed by atoms with Crippen molar-refractivity contribution in [2.45, 2.75) is 20.8 Å². The first-order valence-corrected chi connectivity index (χ1v) is 6.01. The molecule has 0 aliphatic carbocycles. The van der Waals surface area contributed by atoms with Gasteiger partial charge in [0.05, 0.1) is 0 Å². The third-order valence-corrected chi connectivity index (χ3v) is 3.39. The Hall–Kier alpha value is -1.58. The van der Waals surface area contributed by atoms with Gasteiger partial charge in [-0.05, 0) is 31.9 Å². The number of carbonyl (C=O) groups excluding carboxylic acids is 1. The number of anilines is 1. The molecule has 0 aromatic carbocycles. The summed E-state index contributed by atoms with van der Waals surface area (Å²) in [5.74, 6) is 1.07. The fourth-order valence-electron chi connectivity index (χ4n) is 2.19. The molecule has 2 rings (SSSR count). The van der Waals surface area contributed by atoms with Crippen LogP contribution in [0, 0.1) is 20.8 Å². The van der Waals surface area contributed by atoms with Crippen molar-refractivity contribution < 1.29 is 4.79 Å². The second-order valence-electron chi connectivity index (χ2n) is 4.66. The zero-order valence-electron chi connectivity index (χ0n) is 10.7. The number of hydrogen-bond donors (Lipinski definition) is 0. The van der Waals surface area contributed by atoms with E-state index in [1.165, 1.54) is 11.1 Å². The summed E-state index contributed by atoms with van der Waals surface area (Å²) in [6.07, 6.45) is 0.929. The van der Waals surface area contributed by atoms with Crippen molar-refractivity contribution in [1.82, 2.24) is 9.88 Å². The van der Waals surface area contributed by atoms with Gasteiger partial charge in [-0.25, -0.2) is 4.98 Å². The maximum Gasteiger partial charge on any atom is 0.209 e. The number of hydrogen-bond acceptors (Lipinski definition) is 3. The van der Waals surface area contributed by atoms with Crippen molar-refractivity contribution in [3.63, 3.8) is 0 Å². The quantitative estimate of drug-likeness (QED) is 0.722. The van der Waals surface area contributed by atoms with Gasteiger partial charge < -0.3 is 9.80 Å². The summed E-state index contributed by atoms with van der Waals surface area (Å²) in [6.45, 7) is 9.55. The van der Waals surface area contributed by atoms with Gasteiger partial charge in [0.2, 0.25) is 6.41 Å². The van der Waals surface area contributed by atoms with E-state index in [2.05, 4.69) is 29.8 Å². The van der Waals surface area contributed by atoms with Gasteiger partial charge in [0.15, 0.2) is 0 Å². The van der Waals surface area contributed by atoms with E-state index in [4.69, 9.17) is 0 Å². The Morgan fingerprint density at radius 1 is 1.12 bits per heavy atom. The molecule has 0 N–H and O–H groups in total. The maximum atomic E-state index is 10.7. The Morgan fingerprint density at radius 2 is 1.76 bits per heavy atom. The molecule has 0 radical (unpaired) electrons. The molecule has 0 saturated carbocycles. The molecular weight excluding hydrogens is 214 g/mol. The molecular formula is C13H19N3O. The van der Waals surface area contributed by atoms with E-state index in [1.54, 1.807) is 0 Å². The van der Waals surface area contributed by atoms with Crippen LogP contribution in [0.5, 0.6) is 0 Å². The Morgan fingerprint density at radius 3 is 2.35 bits per heavy atom. The van der Waals surface area contributed by atoms with Gasteiger partial charge in [-0.3, -0.25) is 4.79 Å². The van der Waals surface area contributed by atoms with Crippen LogP contribution in [0.3, 0.4) is 0 Å². The highest BCUT2D eigenvalue weighted by Gasteiger charge is 2.18. The first-order valence-electron chi connectivity index (χ1n) is 6.01. The first kappa shape index (κ1) is 11.9. The van der Waals surface area contributed by atoms with Crippen LogP contribution in [-0.4, -0.2) is 42.5 Å². The SMILES string of the molecule is Cc1cc(C)c(N2CCN(C=O)CC2)nc1C. The zero-order valence-corrected chi connectivity index (χ0v) is 10.7. The molecule has 2 heterocycles. The highest BCUT2D eigenvalue weighted by molar-refractivity contribution is 5.52. The molecule has 4 nitrogen and oxygen atoms in total. The molecule has 0 atom stereocenters. The predicted molar refractivity (Wildman–Crippen MR) is 68.3 cm³/mol. The molecule has 0 bridgehead atoms. The summed E-state index contributed by atoms with van der Waals surface area (Å²) >= 11 is 0. The molecule has 0 spiro atoms. The van der Waals surface area contributed by atoms with Crippen LogP contribution in [-0.2, 0) is 4.79 Å². The molecule has 17 heavy (non-hydrogen) atoms. The smallest absolute Gasteiger partial charge is 0.209 e. The van der Waals surface area contributed by atoms with Gasteiger partial charge in [0.1, 0.15) is 5.82 Å². The summed E-state index contributed by atoms with van der Waals surface area (Å²) in [5.41, 5.74) is 3.54. The minimum Gasteiger partial charge on any atom is -0.353 e. The van der Waals surface area contributed by atoms with Crippen molar-refractivity contribution in [1.29, 1.82) is 0 Å². The minimum atomic E-state index is 0.789. The first-order chi connectivity index (χ1) is 8.11. The molecule has 92 valence electrons. The topological polar surface area (TPSA) is 36.4 Å². The molecule has 1 aliphatic heterocycles. The van der Waals surface area contributed by atoms with Crippen LogP contribution in [0.25, 0.3) is 0 Å². The summed E-state index contributed by atoms with van der Waals surface area (Å²) < 4.78 is 0. The lowest BCUT2D eigenvalue weighted by molar-refractivity contribution is -0.118. The molecule has 0 unspecified atom stereocenters. The van der Waals surface area contributed by atoms with Crippen LogP contribution < -0.4 is 4.90 Å². The summed E-state index contributed by atoms with van der Waals surface area (Å²) in [5, 5.41) is 0. The largest absolute Gasteiger partial charge is 0.353 e. The van der Waals surface area contributed by atoms with E-state index in [-0.39, 0.29) is 0 Å².